The summed E-state index contributed by atoms with van der Waals surface area (Å²) in [6.07, 6.45) is 1.95. The van der Waals surface area contributed by atoms with E-state index in [0.717, 1.165) is 31.9 Å². The monoisotopic (exact) mass is 512 g/mol. The van der Waals surface area contributed by atoms with Gasteiger partial charge in [0.15, 0.2) is 5.96 Å². The van der Waals surface area contributed by atoms with E-state index >= 15 is 0 Å². The van der Waals surface area contributed by atoms with Crippen molar-refractivity contribution in [3.8, 4) is 0 Å². The molecular formula is C20H41IN4O3. The van der Waals surface area contributed by atoms with Gasteiger partial charge in [0.1, 0.15) is 5.60 Å². The fourth-order valence-electron chi connectivity index (χ4n) is 3.12. The molecule has 1 saturated heterocycles. The molecule has 0 aliphatic carbocycles. The number of amides is 1. The molecule has 1 aliphatic rings. The first-order chi connectivity index (χ1) is 12.5. The number of piperidine rings is 1. The number of nitrogens with zero attached hydrogens (tertiary/aromatic N) is 2. The minimum atomic E-state index is -0.459. The zero-order valence-electron chi connectivity index (χ0n) is 18.9. The Hall–Kier alpha value is -0.770. The highest BCUT2D eigenvalue weighted by atomic mass is 127. The summed E-state index contributed by atoms with van der Waals surface area (Å²) >= 11 is 0. The van der Waals surface area contributed by atoms with E-state index in [1.165, 1.54) is 0 Å². The van der Waals surface area contributed by atoms with Crippen molar-refractivity contribution < 1.29 is 14.3 Å². The lowest BCUT2D eigenvalue weighted by molar-refractivity contribution is 0.0167. The van der Waals surface area contributed by atoms with Crippen LogP contribution >= 0.6 is 24.0 Å². The van der Waals surface area contributed by atoms with Crippen LogP contribution in [0.25, 0.3) is 0 Å². The van der Waals surface area contributed by atoms with Crippen LogP contribution in [0.15, 0.2) is 4.99 Å². The molecule has 0 radical (unpaired) electrons. The molecule has 28 heavy (non-hydrogen) atoms. The second kappa shape index (κ2) is 12.0. The number of ether oxygens (including phenoxy) is 2. The average Bonchev–Trinajstić information content (AvgIpc) is 2.55. The van der Waals surface area contributed by atoms with Crippen molar-refractivity contribution in [2.45, 2.75) is 66.1 Å². The molecule has 2 unspecified atom stereocenters. The van der Waals surface area contributed by atoms with Gasteiger partial charge in [0.05, 0.1) is 6.10 Å². The van der Waals surface area contributed by atoms with Gasteiger partial charge < -0.3 is 25.0 Å². The van der Waals surface area contributed by atoms with E-state index in [1.54, 1.807) is 14.2 Å². The maximum absolute atomic E-state index is 12.3. The van der Waals surface area contributed by atoms with E-state index in [9.17, 15) is 4.79 Å². The number of nitrogens with one attached hydrogen (secondary N) is 2. The fourth-order valence-corrected chi connectivity index (χ4v) is 3.12. The van der Waals surface area contributed by atoms with Gasteiger partial charge >= 0.3 is 6.09 Å². The normalized spacial score (nSPS) is 19.5. The van der Waals surface area contributed by atoms with Crippen LogP contribution in [0.2, 0.25) is 0 Å². The molecule has 0 aromatic rings. The minimum absolute atomic E-state index is 0. The molecule has 166 valence electrons. The van der Waals surface area contributed by atoms with Crippen LogP contribution in [0.4, 0.5) is 4.79 Å². The molecule has 0 spiro atoms. The van der Waals surface area contributed by atoms with Gasteiger partial charge in [-0.2, -0.15) is 0 Å². The van der Waals surface area contributed by atoms with Crippen LogP contribution in [-0.2, 0) is 9.47 Å². The van der Waals surface area contributed by atoms with Gasteiger partial charge in [-0.1, -0.05) is 20.8 Å². The highest BCUT2D eigenvalue weighted by Crippen LogP contribution is 2.21. The molecule has 1 fully saturated rings. The van der Waals surface area contributed by atoms with Crippen molar-refractivity contribution >= 4 is 36.0 Å². The Labute approximate surface area is 188 Å². The molecule has 1 amide bonds. The van der Waals surface area contributed by atoms with E-state index in [0.29, 0.717) is 19.0 Å². The van der Waals surface area contributed by atoms with Gasteiger partial charge in [-0.15, -0.1) is 24.0 Å². The van der Waals surface area contributed by atoms with Crippen molar-refractivity contribution in [1.29, 1.82) is 0 Å². The van der Waals surface area contributed by atoms with Crippen LogP contribution < -0.4 is 10.6 Å². The van der Waals surface area contributed by atoms with E-state index in [-0.39, 0.29) is 41.6 Å². The topological polar surface area (TPSA) is 75.2 Å². The summed E-state index contributed by atoms with van der Waals surface area (Å²) in [6, 6.07) is 0. The Morgan fingerprint density at radius 3 is 2.36 bits per heavy atom. The first-order valence-corrected chi connectivity index (χ1v) is 9.91. The van der Waals surface area contributed by atoms with Crippen LogP contribution in [0.5, 0.6) is 0 Å². The summed E-state index contributed by atoms with van der Waals surface area (Å²) in [7, 11) is 3.50. The predicted molar refractivity (Wildman–Crippen MR) is 126 cm³/mol. The maximum atomic E-state index is 12.3. The number of hydrogen-bond acceptors (Lipinski definition) is 4. The summed E-state index contributed by atoms with van der Waals surface area (Å²) in [4.78, 5) is 18.4. The van der Waals surface area contributed by atoms with Crippen molar-refractivity contribution in [3.63, 3.8) is 0 Å². The summed E-state index contributed by atoms with van der Waals surface area (Å²) < 4.78 is 11.1. The minimum Gasteiger partial charge on any atom is -0.444 e. The molecule has 2 N–H and O–H groups in total. The third-order valence-corrected chi connectivity index (χ3v) is 4.66. The number of halogens is 1. The number of carbonyl (C=O) groups excluding carboxylic acids is 1. The Morgan fingerprint density at radius 2 is 1.86 bits per heavy atom. The number of guanidine groups is 1. The van der Waals surface area contributed by atoms with Gasteiger partial charge in [0.25, 0.3) is 0 Å². The first-order valence-electron chi connectivity index (χ1n) is 9.91. The van der Waals surface area contributed by atoms with E-state index in [1.807, 2.05) is 25.7 Å². The summed E-state index contributed by atoms with van der Waals surface area (Å²) in [5.41, 5.74) is -0.406. The predicted octanol–water partition coefficient (Wildman–Crippen LogP) is 3.48. The van der Waals surface area contributed by atoms with E-state index < -0.39 is 5.60 Å². The van der Waals surface area contributed by atoms with Crippen LogP contribution in [0.3, 0.4) is 0 Å². The summed E-state index contributed by atoms with van der Waals surface area (Å²) in [6.45, 7) is 15.1. The van der Waals surface area contributed by atoms with Crippen molar-refractivity contribution in [2.75, 3.05) is 40.3 Å². The molecule has 0 saturated carbocycles. The molecule has 2 atom stereocenters. The van der Waals surface area contributed by atoms with Crippen LogP contribution in [0, 0.1) is 11.3 Å². The van der Waals surface area contributed by atoms with E-state index in [4.69, 9.17) is 9.47 Å². The first kappa shape index (κ1) is 27.2. The Kier molecular flexibility index (Phi) is 11.7. The lowest BCUT2D eigenvalue weighted by Gasteiger charge is -2.34. The Balaban J connectivity index is 0.00000729. The standard InChI is InChI=1S/C20H40N4O3.HI/c1-19(2,3)16(26-8)13-23-17(21-7)22-12-15-10-9-11-24(14-15)18(25)27-20(4,5)6;/h15-16H,9-14H2,1-8H3,(H2,21,22,23);1H. The number of methoxy groups -OCH3 is 1. The largest absolute Gasteiger partial charge is 0.444 e. The van der Waals surface area contributed by atoms with E-state index in [2.05, 4.69) is 36.4 Å². The number of likely N-dealkylation sites (tertiary alicyclic amines) is 1. The lowest BCUT2D eigenvalue weighted by Crippen LogP contribution is -2.49. The lowest BCUT2D eigenvalue weighted by atomic mass is 9.89. The fraction of sp³-hybridized carbons (Fsp3) is 0.900. The number of carbonyl (C=O) groups is 1. The average molecular weight is 512 g/mol. The smallest absolute Gasteiger partial charge is 0.410 e. The van der Waals surface area contributed by atoms with Crippen molar-refractivity contribution in [1.82, 2.24) is 15.5 Å². The number of hydrogen-bond donors (Lipinski definition) is 2. The van der Waals surface area contributed by atoms with Crippen molar-refractivity contribution in [3.05, 3.63) is 0 Å². The zero-order valence-corrected chi connectivity index (χ0v) is 21.3. The van der Waals surface area contributed by atoms with Gasteiger partial charge in [-0.25, -0.2) is 4.79 Å². The molecule has 0 bridgehead atoms. The molecule has 8 heteroatoms. The Bertz CT molecular complexity index is 501. The van der Waals surface area contributed by atoms with Crippen molar-refractivity contribution in [2.24, 2.45) is 16.3 Å². The summed E-state index contributed by atoms with van der Waals surface area (Å²) in [5.74, 6) is 1.14. The van der Waals surface area contributed by atoms with Gasteiger partial charge in [0.2, 0.25) is 0 Å². The second-order valence-electron chi connectivity index (χ2n) is 9.36. The SMILES string of the molecule is CN=C(NCC1CCCN(C(=O)OC(C)(C)C)C1)NCC(OC)C(C)(C)C.I. The van der Waals surface area contributed by atoms with Gasteiger partial charge in [-0.05, 0) is 44.9 Å². The number of aliphatic imine (C=N–C) groups is 1. The van der Waals surface area contributed by atoms with Crippen LogP contribution in [-0.4, -0.2) is 69.0 Å². The van der Waals surface area contributed by atoms with Gasteiger partial charge in [0, 0.05) is 40.3 Å². The highest BCUT2D eigenvalue weighted by molar-refractivity contribution is 14.0. The third-order valence-electron chi connectivity index (χ3n) is 4.66. The number of rotatable bonds is 5. The molecule has 1 heterocycles. The quantitative estimate of drug-likeness (QED) is 0.335. The van der Waals surface area contributed by atoms with Gasteiger partial charge in [-0.3, -0.25) is 4.99 Å². The molecule has 7 nitrogen and oxygen atoms in total. The van der Waals surface area contributed by atoms with Crippen LogP contribution in [0.1, 0.15) is 54.4 Å². The molecule has 0 aromatic heterocycles. The molecule has 1 aliphatic heterocycles. The third kappa shape index (κ3) is 10.1. The second-order valence-corrected chi connectivity index (χ2v) is 9.36. The summed E-state index contributed by atoms with van der Waals surface area (Å²) in [5, 5.41) is 6.72. The Morgan fingerprint density at radius 1 is 1.21 bits per heavy atom. The molecule has 1 rings (SSSR count). The highest BCUT2D eigenvalue weighted by Gasteiger charge is 2.28. The maximum Gasteiger partial charge on any atom is 0.410 e. The molecule has 0 aromatic carbocycles. The zero-order chi connectivity index (χ0) is 20.7. The molecular weight excluding hydrogens is 471 g/mol.